The van der Waals surface area contributed by atoms with Crippen LogP contribution in [-0.2, 0) is 111 Å². The number of nitrogens with zero attached hydrogens (tertiary/aromatic N) is 24. The van der Waals surface area contributed by atoms with Crippen LogP contribution in [-0.4, -0.2) is 186 Å². The second-order valence-corrected chi connectivity index (χ2v) is 28.0. The van der Waals surface area contributed by atoms with Crippen molar-refractivity contribution in [1.29, 1.82) is 0 Å². The molecule has 0 fully saturated rings. The number of nitrogens with one attached hydrogen (secondary N) is 2. The Morgan fingerprint density at radius 1 is 0.397 bits per heavy atom. The molecule has 16 aromatic rings. The molecule has 0 aliphatic heterocycles. The Balaban J connectivity index is 0.000000657. The van der Waals surface area contributed by atoms with Gasteiger partial charge in [0.25, 0.3) is 0 Å². The number of H-pyrrole nitrogens is 2. The number of aromatic amines is 2. The van der Waals surface area contributed by atoms with Crippen molar-refractivity contribution in [2.75, 3.05) is 38.7 Å². The zero-order chi connectivity index (χ0) is 77.3. The molecule has 2 N–H and O–H groups in total. The Kier molecular flexibility index (Phi) is 46.3. The van der Waals surface area contributed by atoms with E-state index in [2.05, 4.69) is 161 Å². The summed E-state index contributed by atoms with van der Waals surface area (Å²) >= 11 is 0. The summed E-state index contributed by atoms with van der Waals surface area (Å²) in [5.74, 6) is 1.59. The minimum atomic E-state index is -3.37. The van der Waals surface area contributed by atoms with E-state index in [-0.39, 0.29) is 118 Å². The first kappa shape index (κ1) is 105. The molecule has 0 radical (unpaired) electrons. The van der Waals surface area contributed by atoms with Crippen molar-refractivity contribution in [3.8, 4) is 34.4 Å². The predicted molar refractivity (Wildman–Crippen MR) is 443 cm³/mol. The van der Waals surface area contributed by atoms with Crippen molar-refractivity contribution >= 4 is 116 Å². The number of pyridine rings is 2. The summed E-state index contributed by atoms with van der Waals surface area (Å²) in [6, 6.07) is 49.9. The van der Waals surface area contributed by atoms with Gasteiger partial charge in [-0.15, -0.1) is 22.4 Å². The first-order valence-corrected chi connectivity index (χ1v) is 38.2. The summed E-state index contributed by atoms with van der Waals surface area (Å²) in [7, 11) is -6.74. The van der Waals surface area contributed by atoms with Crippen LogP contribution in [0, 0.1) is 55.4 Å². The molecule has 0 unspecified atom stereocenters. The number of para-hydroxylation sites is 2. The molecule has 0 saturated carbocycles. The van der Waals surface area contributed by atoms with E-state index in [9.17, 15) is 16.8 Å². The fraction of sp³-hybridized carbons (Fsp3) is 0.263. The summed E-state index contributed by atoms with van der Waals surface area (Å²) in [5.41, 5.74) is 17.5. The molecule has 0 atom stereocenters. The molecule has 116 heavy (non-hydrogen) atoms. The maximum absolute atomic E-state index is 11.0. The molecular formula is C76H86Be4N26O4S2Zn4+8. The monoisotopic (exact) mass is 1780 g/mol. The first-order valence-electron chi connectivity index (χ1n) is 34.5. The molecule has 30 nitrogen and oxygen atoms in total. The van der Waals surface area contributed by atoms with E-state index in [1.54, 1.807) is 58.4 Å². The van der Waals surface area contributed by atoms with Gasteiger partial charge in [-0.1, -0.05) is 148 Å². The standard InChI is InChI=1S/2C12H16N3.2C9H11N4.2C9H8N3.2C8H8N3O2S.4Be.4Zn/c2*1-3-15(4-2)9-12-10-7-5-6-8-11(10)13-14-12;2*1-6-5-9(11-10-6)13-8(3)4-7(2)12-13;2*1-7-6-9(12-11-7)8-4-2-3-5-10-8;2*1-14(12,13)11-7-4-2-3-6-5-9-10-8(6)7;;;;;;;;/h2*5-8H,3-4,9H2,1-2H3;2*4-5H,1-3H3;2*2-6H,1H3;2*2-5H,1H3,(H,9,10);;;;;;;;/q8*-1;8*+2. The maximum atomic E-state index is 11.0. The van der Waals surface area contributed by atoms with Crippen molar-refractivity contribution < 1.29 is 94.7 Å². The average molecular weight is 1790 g/mol. The first-order chi connectivity index (χ1) is 51.9. The third kappa shape index (κ3) is 31.7. The van der Waals surface area contributed by atoms with Gasteiger partial charge in [-0.2, -0.15) is 10.2 Å². The number of rotatable bonds is 16. The molecule has 0 amide bonds. The molecular weight excluding hydrogens is 1700 g/mol. The van der Waals surface area contributed by atoms with Crippen molar-refractivity contribution in [3.05, 3.63) is 249 Å². The smallest absolute Gasteiger partial charge is 0.575 e. The van der Waals surface area contributed by atoms with Crippen LogP contribution in [0.15, 0.2) is 183 Å². The average Bonchev–Trinajstić information content (AvgIpc) is 1.74. The topological polar surface area (TPSA) is 384 Å². The number of sulfonamides is 2. The van der Waals surface area contributed by atoms with Crippen LogP contribution in [0.4, 0.5) is 11.4 Å². The van der Waals surface area contributed by atoms with Gasteiger partial charge in [-0.25, -0.2) is 16.8 Å². The second-order valence-electron chi connectivity index (χ2n) is 24.7. The third-order valence-corrected chi connectivity index (χ3v) is 16.9. The number of hydrogen-bond acceptors (Lipinski definition) is 18. The molecule has 12 heterocycles. The number of aromatic nitrogens is 22. The summed E-state index contributed by atoms with van der Waals surface area (Å²) in [5, 5.41) is 74.1. The molecule has 40 heteroatoms. The van der Waals surface area contributed by atoms with Gasteiger partial charge in [-0.3, -0.25) is 50.4 Å². The Hall–Kier alpha value is -9.09. The van der Waals surface area contributed by atoms with Crippen LogP contribution in [0.1, 0.15) is 84.6 Å². The van der Waals surface area contributed by atoms with Crippen LogP contribution in [0.25, 0.3) is 87.5 Å². The van der Waals surface area contributed by atoms with Gasteiger partial charge in [0, 0.05) is 106 Å². The number of benzene rings is 4. The molecule has 16 rings (SSSR count). The molecule has 0 aliphatic rings. The number of hydrogen-bond donors (Lipinski definition) is 2. The SMILES string of the molecule is CCN(CC)Cc1n[n-]c2ccccc12.CCN(CC)Cc1n[n-]c2ccccc12.CS(=O)(=O)[N-]c1cccc2cn[nH]c12.CS(=O)(=O)[N-]c1cccc2cn[nH]c12.Cc1cc(-c2ccccn2)[n-]n1.Cc1cc(-c2ccccn2)[n-]n1.Cc1cc(-n2nc(C)cc2C)[n-]n1.Cc1cc(-n2nc(C)cc2C)[n-]n1.[Be+2].[Be+2].[Be+2].[Be+2].[Zn+2].[Zn+2].[Zn+2].[Zn+2]. The van der Waals surface area contributed by atoms with Crippen molar-refractivity contribution in [3.63, 3.8) is 0 Å². The third-order valence-electron chi connectivity index (χ3n) is 15.9. The van der Waals surface area contributed by atoms with Crippen molar-refractivity contribution in [2.24, 2.45) is 0 Å². The van der Waals surface area contributed by atoms with Gasteiger partial charge in [-0.05, 0) is 164 Å². The van der Waals surface area contributed by atoms with Gasteiger partial charge in [0.05, 0.1) is 43.5 Å². The van der Waals surface area contributed by atoms with Gasteiger partial charge >= 0.3 is 118 Å². The zero-order valence-corrected chi connectivity index (χ0v) is 81.9. The summed E-state index contributed by atoms with van der Waals surface area (Å²) < 4.78 is 54.6. The van der Waals surface area contributed by atoms with E-state index < -0.39 is 20.0 Å². The van der Waals surface area contributed by atoms with Crippen LogP contribution >= 0.6 is 0 Å². The van der Waals surface area contributed by atoms with E-state index in [1.807, 2.05) is 177 Å². The van der Waals surface area contributed by atoms with Crippen molar-refractivity contribution in [2.45, 2.75) is 96.2 Å². The molecule has 0 spiro atoms. The minimum absolute atomic E-state index is 0. The number of fused-ring (bicyclic) bond motifs is 4. The fourth-order valence-electron chi connectivity index (χ4n) is 10.6. The van der Waals surface area contributed by atoms with Crippen LogP contribution in [0.5, 0.6) is 0 Å². The Bertz CT molecular complexity index is 5340. The van der Waals surface area contributed by atoms with Crippen LogP contribution in [0.2, 0.25) is 0 Å². The zero-order valence-electron chi connectivity index (χ0n) is 68.4. The van der Waals surface area contributed by atoms with E-state index in [0.29, 0.717) is 22.4 Å². The van der Waals surface area contributed by atoms with Crippen LogP contribution in [0.3, 0.4) is 0 Å². The Morgan fingerprint density at radius 2 is 0.741 bits per heavy atom. The minimum Gasteiger partial charge on any atom is -0.575 e. The van der Waals surface area contributed by atoms with E-state index in [0.717, 1.165) is 165 Å². The van der Waals surface area contributed by atoms with Gasteiger partial charge < -0.3 is 69.8 Å². The Morgan fingerprint density at radius 3 is 1.03 bits per heavy atom. The summed E-state index contributed by atoms with van der Waals surface area (Å²) in [6.45, 7) is 30.3. The Labute approximate surface area is 742 Å². The normalized spacial score (nSPS) is 10.3. The van der Waals surface area contributed by atoms with Gasteiger partial charge in [0.2, 0.25) is 0 Å². The molecule has 0 saturated heterocycles. The molecule has 4 aromatic carbocycles. The van der Waals surface area contributed by atoms with Crippen LogP contribution < -0.4 is 30.6 Å². The second kappa shape index (κ2) is 51.2. The van der Waals surface area contributed by atoms with Gasteiger partial charge in [0.1, 0.15) is 0 Å². The summed E-state index contributed by atoms with van der Waals surface area (Å²) in [4.78, 5) is 13.0. The number of aryl methyl sites for hydroxylation is 8. The molecule has 564 valence electrons. The predicted octanol–water partition coefficient (Wildman–Crippen LogP) is 10.7. The molecule has 12 aromatic heterocycles. The van der Waals surface area contributed by atoms with E-state index in [1.165, 1.54) is 10.8 Å². The van der Waals surface area contributed by atoms with Crippen molar-refractivity contribution in [1.82, 2.24) is 121 Å². The maximum Gasteiger partial charge on any atom is 2.00 e. The molecule has 0 bridgehead atoms. The van der Waals surface area contributed by atoms with E-state index >= 15 is 0 Å². The van der Waals surface area contributed by atoms with E-state index in [4.69, 9.17) is 0 Å². The quantitative estimate of drug-likeness (QED) is 0.0849. The fourth-order valence-corrected chi connectivity index (χ4v) is 11.7. The largest absolute Gasteiger partial charge is 2.00 e. The van der Waals surface area contributed by atoms with Gasteiger partial charge in [0.15, 0.2) is 0 Å². The summed E-state index contributed by atoms with van der Waals surface area (Å²) in [6.07, 6.45) is 8.86. The molecule has 0 aliphatic carbocycles.